The molecule has 0 radical (unpaired) electrons. The summed E-state index contributed by atoms with van der Waals surface area (Å²) < 4.78 is 0. The number of nitrogens with one attached hydrogen (secondary N) is 2. The molecule has 0 aromatic rings. The van der Waals surface area contributed by atoms with Crippen molar-refractivity contribution in [1.82, 2.24) is 10.6 Å². The van der Waals surface area contributed by atoms with Gasteiger partial charge in [0, 0.05) is 13.1 Å². The maximum atomic E-state index is 12.3. The molecular weight excluding hydrogens is 228 g/mol. The molecule has 106 valence electrons. The minimum absolute atomic E-state index is 0.0913. The molecule has 1 saturated heterocycles. The number of aliphatic hydroxyl groups is 1. The lowest BCUT2D eigenvalue weighted by atomic mass is 9.77. The number of rotatable bonds is 6. The monoisotopic (exact) mass is 256 g/mol. The largest absolute Gasteiger partial charge is 0.388 e. The third kappa shape index (κ3) is 3.95. The molecule has 0 bridgehead atoms. The van der Waals surface area contributed by atoms with Crippen LogP contribution in [0.2, 0.25) is 0 Å². The molecule has 0 saturated carbocycles. The summed E-state index contributed by atoms with van der Waals surface area (Å²) >= 11 is 0. The molecule has 1 heterocycles. The lowest BCUT2D eigenvalue weighted by molar-refractivity contribution is -0.133. The Morgan fingerprint density at radius 3 is 2.72 bits per heavy atom. The number of piperidine rings is 1. The molecule has 1 rings (SSSR count). The van der Waals surface area contributed by atoms with Gasteiger partial charge >= 0.3 is 0 Å². The molecule has 1 aliphatic heterocycles. The van der Waals surface area contributed by atoms with Crippen molar-refractivity contribution in [1.29, 1.82) is 0 Å². The predicted octanol–water partition coefficient (Wildman–Crippen LogP) is 1.43. The summed E-state index contributed by atoms with van der Waals surface area (Å²) in [6.45, 7) is 8.00. The number of hydrogen-bond donors (Lipinski definition) is 3. The molecule has 1 aliphatic rings. The van der Waals surface area contributed by atoms with Gasteiger partial charge in [-0.15, -0.1) is 0 Å². The van der Waals surface area contributed by atoms with Gasteiger partial charge in [-0.05, 0) is 39.2 Å². The third-order valence-corrected chi connectivity index (χ3v) is 4.05. The second-order valence-electron chi connectivity index (χ2n) is 5.84. The van der Waals surface area contributed by atoms with E-state index in [9.17, 15) is 9.90 Å². The van der Waals surface area contributed by atoms with E-state index in [2.05, 4.69) is 17.6 Å². The van der Waals surface area contributed by atoms with E-state index in [4.69, 9.17) is 0 Å². The lowest BCUT2D eigenvalue weighted by Crippen LogP contribution is -2.52. The highest BCUT2D eigenvalue weighted by atomic mass is 16.3. The smallest absolute Gasteiger partial charge is 0.227 e. The number of hydrogen-bond acceptors (Lipinski definition) is 3. The topological polar surface area (TPSA) is 61.4 Å². The summed E-state index contributed by atoms with van der Waals surface area (Å²) in [5.41, 5.74) is -1.07. The van der Waals surface area contributed by atoms with E-state index in [0.29, 0.717) is 13.0 Å². The number of carbonyl (C=O) groups is 1. The van der Waals surface area contributed by atoms with Gasteiger partial charge in [-0.2, -0.15) is 0 Å². The van der Waals surface area contributed by atoms with Crippen LogP contribution in [-0.2, 0) is 4.79 Å². The molecule has 0 aromatic heterocycles. The van der Waals surface area contributed by atoms with Crippen LogP contribution in [0, 0.1) is 5.41 Å². The molecule has 4 heteroatoms. The van der Waals surface area contributed by atoms with Gasteiger partial charge in [0.1, 0.15) is 0 Å². The minimum atomic E-state index is -0.790. The van der Waals surface area contributed by atoms with Gasteiger partial charge in [-0.1, -0.05) is 20.3 Å². The molecule has 2 unspecified atom stereocenters. The van der Waals surface area contributed by atoms with Crippen LogP contribution in [0.1, 0.15) is 52.9 Å². The average Bonchev–Trinajstić information content (AvgIpc) is 2.37. The van der Waals surface area contributed by atoms with Crippen LogP contribution in [0.4, 0.5) is 0 Å². The van der Waals surface area contributed by atoms with Gasteiger partial charge in [0.05, 0.1) is 11.0 Å². The molecule has 2 atom stereocenters. The number of carbonyl (C=O) groups excluding carboxylic acids is 1. The second-order valence-corrected chi connectivity index (χ2v) is 5.84. The first-order valence-corrected chi connectivity index (χ1v) is 7.17. The Morgan fingerprint density at radius 2 is 2.22 bits per heavy atom. The highest BCUT2D eigenvalue weighted by Crippen LogP contribution is 2.30. The lowest BCUT2D eigenvalue weighted by Gasteiger charge is -2.36. The normalized spacial score (nSPS) is 27.6. The molecule has 0 spiro atoms. The van der Waals surface area contributed by atoms with Gasteiger partial charge < -0.3 is 15.7 Å². The predicted molar refractivity (Wildman–Crippen MR) is 73.4 cm³/mol. The van der Waals surface area contributed by atoms with E-state index in [0.717, 1.165) is 38.8 Å². The molecule has 1 amide bonds. The molecule has 0 aliphatic carbocycles. The summed E-state index contributed by atoms with van der Waals surface area (Å²) in [5, 5.41) is 16.3. The van der Waals surface area contributed by atoms with Crippen molar-refractivity contribution in [2.75, 3.05) is 19.6 Å². The van der Waals surface area contributed by atoms with Crippen molar-refractivity contribution >= 4 is 5.91 Å². The molecule has 4 nitrogen and oxygen atoms in total. The Hall–Kier alpha value is -0.610. The van der Waals surface area contributed by atoms with Gasteiger partial charge in [0.15, 0.2) is 0 Å². The van der Waals surface area contributed by atoms with E-state index in [-0.39, 0.29) is 11.3 Å². The van der Waals surface area contributed by atoms with Crippen LogP contribution in [0.25, 0.3) is 0 Å². The van der Waals surface area contributed by atoms with Gasteiger partial charge in [0.25, 0.3) is 0 Å². The Kier molecular flexibility index (Phi) is 5.60. The summed E-state index contributed by atoms with van der Waals surface area (Å²) in [6.07, 6.45) is 4.47. The fourth-order valence-corrected chi connectivity index (χ4v) is 2.71. The quantitative estimate of drug-likeness (QED) is 0.674. The van der Waals surface area contributed by atoms with Crippen LogP contribution in [0.3, 0.4) is 0 Å². The number of amides is 1. The van der Waals surface area contributed by atoms with E-state index in [1.807, 2.05) is 6.92 Å². The van der Waals surface area contributed by atoms with Crippen LogP contribution in [-0.4, -0.2) is 36.2 Å². The van der Waals surface area contributed by atoms with Crippen molar-refractivity contribution in [3.63, 3.8) is 0 Å². The summed E-state index contributed by atoms with van der Waals surface area (Å²) in [6, 6.07) is 0. The van der Waals surface area contributed by atoms with Crippen molar-refractivity contribution in [3.05, 3.63) is 0 Å². The fraction of sp³-hybridized carbons (Fsp3) is 0.929. The van der Waals surface area contributed by atoms with Crippen molar-refractivity contribution in [2.45, 2.75) is 58.5 Å². The van der Waals surface area contributed by atoms with E-state index in [1.54, 1.807) is 6.92 Å². The summed E-state index contributed by atoms with van der Waals surface area (Å²) in [4.78, 5) is 12.3. The van der Waals surface area contributed by atoms with Crippen LogP contribution in [0.5, 0.6) is 0 Å². The minimum Gasteiger partial charge on any atom is -0.388 e. The van der Waals surface area contributed by atoms with E-state index < -0.39 is 5.60 Å². The SMILES string of the molecule is CCCC(C)(O)CNC(=O)C1(CC)CCCNC1. The Labute approximate surface area is 111 Å². The zero-order valence-electron chi connectivity index (χ0n) is 12.0. The third-order valence-electron chi connectivity index (χ3n) is 4.05. The van der Waals surface area contributed by atoms with Crippen molar-refractivity contribution < 1.29 is 9.90 Å². The highest BCUT2D eigenvalue weighted by molar-refractivity contribution is 5.83. The molecule has 3 N–H and O–H groups in total. The van der Waals surface area contributed by atoms with Gasteiger partial charge in [0.2, 0.25) is 5.91 Å². The molecule has 0 aromatic carbocycles. The Bertz CT molecular complexity index is 271. The maximum absolute atomic E-state index is 12.3. The highest BCUT2D eigenvalue weighted by Gasteiger charge is 2.38. The van der Waals surface area contributed by atoms with Crippen LogP contribution < -0.4 is 10.6 Å². The first-order valence-electron chi connectivity index (χ1n) is 7.17. The molecule has 1 fully saturated rings. The summed E-state index contributed by atoms with van der Waals surface area (Å²) in [7, 11) is 0. The first kappa shape index (κ1) is 15.4. The van der Waals surface area contributed by atoms with Crippen molar-refractivity contribution in [3.8, 4) is 0 Å². The first-order chi connectivity index (χ1) is 8.46. The van der Waals surface area contributed by atoms with Crippen LogP contribution >= 0.6 is 0 Å². The summed E-state index contributed by atoms with van der Waals surface area (Å²) in [5.74, 6) is 0.0913. The average molecular weight is 256 g/mol. The van der Waals surface area contributed by atoms with Gasteiger partial charge in [-0.25, -0.2) is 0 Å². The van der Waals surface area contributed by atoms with E-state index in [1.165, 1.54) is 0 Å². The van der Waals surface area contributed by atoms with Crippen LogP contribution in [0.15, 0.2) is 0 Å². The molecule has 18 heavy (non-hydrogen) atoms. The van der Waals surface area contributed by atoms with Gasteiger partial charge in [-0.3, -0.25) is 4.79 Å². The maximum Gasteiger partial charge on any atom is 0.227 e. The zero-order chi connectivity index (χ0) is 13.6. The molecular formula is C14H28N2O2. The fourth-order valence-electron chi connectivity index (χ4n) is 2.71. The Balaban J connectivity index is 2.52. The Morgan fingerprint density at radius 1 is 1.50 bits per heavy atom. The van der Waals surface area contributed by atoms with E-state index >= 15 is 0 Å². The zero-order valence-corrected chi connectivity index (χ0v) is 12.0. The van der Waals surface area contributed by atoms with Crippen molar-refractivity contribution in [2.24, 2.45) is 5.41 Å². The standard InChI is InChI=1S/C14H28N2O2/c1-4-7-13(3,18)10-16-12(17)14(5-2)8-6-9-15-11-14/h15,18H,4-11H2,1-3H3,(H,16,17). The second kappa shape index (κ2) is 6.53.